The fraction of sp³-hybridized carbons (Fsp3) is 0.474. The number of likely N-dealkylation sites (N-methyl/N-ethyl adjacent to an activating group) is 1. The molecule has 0 aliphatic heterocycles. The molecule has 1 aliphatic carbocycles. The number of nitrogens with zero attached hydrogens (tertiary/aromatic N) is 1. The fourth-order valence-electron chi connectivity index (χ4n) is 3.53. The van der Waals surface area contributed by atoms with Crippen LogP contribution in [0.15, 0.2) is 29.2 Å². The number of benzene rings is 1. The van der Waals surface area contributed by atoms with Gasteiger partial charge in [0.05, 0.1) is 16.8 Å². The fourth-order valence-corrected chi connectivity index (χ4v) is 3.74. The van der Waals surface area contributed by atoms with Crippen molar-refractivity contribution in [3.63, 3.8) is 0 Å². The number of hydrogen-bond donors (Lipinski definition) is 2. The van der Waals surface area contributed by atoms with E-state index in [-0.39, 0.29) is 17.5 Å². The number of aromatic nitrogens is 1. The number of carbonyl (C=O) groups is 1. The van der Waals surface area contributed by atoms with E-state index in [0.717, 1.165) is 18.2 Å². The number of carbonyl (C=O) groups excluding carboxylic acids is 1. The smallest absolute Gasteiger partial charge is 0.255 e. The lowest BCUT2D eigenvalue weighted by Crippen LogP contribution is -2.46. The van der Waals surface area contributed by atoms with Crippen molar-refractivity contribution in [1.29, 1.82) is 0 Å². The summed E-state index contributed by atoms with van der Waals surface area (Å²) in [6.07, 6.45) is 7.63. The van der Waals surface area contributed by atoms with E-state index in [2.05, 4.69) is 15.2 Å². The Bertz CT molecular complexity index is 827. The molecule has 0 radical (unpaired) electrons. The average molecular weight is 362 g/mol. The first-order valence-corrected chi connectivity index (χ1v) is 9.19. The Kier molecular flexibility index (Phi) is 5.45. The van der Waals surface area contributed by atoms with Gasteiger partial charge < -0.3 is 10.3 Å². The quantitative estimate of drug-likeness (QED) is 0.871. The Labute approximate surface area is 152 Å². The van der Waals surface area contributed by atoms with Crippen molar-refractivity contribution in [3.05, 3.63) is 39.8 Å². The highest BCUT2D eigenvalue weighted by Gasteiger charge is 2.26. The van der Waals surface area contributed by atoms with E-state index < -0.39 is 0 Å². The van der Waals surface area contributed by atoms with Crippen molar-refractivity contribution < 1.29 is 4.79 Å². The maximum absolute atomic E-state index is 12.7. The molecular formula is C19H24ClN3O2. The van der Waals surface area contributed by atoms with Crippen molar-refractivity contribution in [3.8, 4) is 0 Å². The second-order valence-corrected chi connectivity index (χ2v) is 7.26. The third-order valence-electron chi connectivity index (χ3n) is 5.26. The predicted molar refractivity (Wildman–Crippen MR) is 102 cm³/mol. The number of fused-ring (bicyclic) bond motifs is 1. The monoisotopic (exact) mass is 361 g/mol. The lowest BCUT2D eigenvalue weighted by atomic mass is 9.93. The van der Waals surface area contributed by atoms with Gasteiger partial charge in [-0.15, -0.1) is 0 Å². The molecule has 1 aromatic heterocycles. The van der Waals surface area contributed by atoms with Crippen LogP contribution in [0.5, 0.6) is 0 Å². The molecule has 134 valence electrons. The van der Waals surface area contributed by atoms with Gasteiger partial charge in [-0.3, -0.25) is 14.5 Å². The molecule has 3 rings (SSSR count). The van der Waals surface area contributed by atoms with Crippen molar-refractivity contribution >= 4 is 34.0 Å². The molecule has 1 fully saturated rings. The van der Waals surface area contributed by atoms with Crippen molar-refractivity contribution in [2.45, 2.75) is 51.1 Å². The zero-order valence-electron chi connectivity index (χ0n) is 14.6. The Hall–Kier alpha value is -1.85. The van der Waals surface area contributed by atoms with E-state index in [9.17, 15) is 9.59 Å². The van der Waals surface area contributed by atoms with Gasteiger partial charge in [0.15, 0.2) is 0 Å². The largest absolute Gasteiger partial charge is 0.329 e. The SMILES string of the molecule is CC(C(=O)Nc1cc2cc[nH]c(=O)c2cc1Cl)N(C)C1CCCCC1. The van der Waals surface area contributed by atoms with E-state index in [0.29, 0.717) is 22.1 Å². The van der Waals surface area contributed by atoms with E-state index in [1.165, 1.54) is 19.3 Å². The van der Waals surface area contributed by atoms with Gasteiger partial charge >= 0.3 is 0 Å². The molecule has 1 amide bonds. The highest BCUT2D eigenvalue weighted by atomic mass is 35.5. The van der Waals surface area contributed by atoms with Crippen LogP contribution in [-0.2, 0) is 4.79 Å². The van der Waals surface area contributed by atoms with E-state index in [1.807, 2.05) is 14.0 Å². The summed E-state index contributed by atoms with van der Waals surface area (Å²) in [7, 11) is 2.02. The molecule has 0 saturated heterocycles. The first-order chi connectivity index (χ1) is 12.0. The summed E-state index contributed by atoms with van der Waals surface area (Å²) >= 11 is 6.27. The van der Waals surface area contributed by atoms with Gasteiger partial charge in [-0.05, 0) is 50.4 Å². The number of nitrogens with one attached hydrogen (secondary N) is 2. The second-order valence-electron chi connectivity index (χ2n) is 6.85. The lowest BCUT2D eigenvalue weighted by Gasteiger charge is -2.34. The standard InChI is InChI=1S/C19H24ClN3O2/c1-12(23(2)14-6-4-3-5-7-14)18(24)22-17-10-13-8-9-21-19(25)15(13)11-16(17)20/h8-12,14H,3-7H2,1-2H3,(H,21,25)(H,22,24). The Morgan fingerprint density at radius 1 is 1.32 bits per heavy atom. The molecular weight excluding hydrogens is 338 g/mol. The zero-order chi connectivity index (χ0) is 18.0. The maximum Gasteiger partial charge on any atom is 0.255 e. The van der Waals surface area contributed by atoms with Crippen molar-refractivity contribution in [2.75, 3.05) is 12.4 Å². The van der Waals surface area contributed by atoms with Gasteiger partial charge in [-0.2, -0.15) is 0 Å². The highest BCUT2D eigenvalue weighted by molar-refractivity contribution is 6.34. The van der Waals surface area contributed by atoms with Crippen LogP contribution in [0.4, 0.5) is 5.69 Å². The maximum atomic E-state index is 12.7. The Balaban J connectivity index is 1.76. The zero-order valence-corrected chi connectivity index (χ0v) is 15.4. The molecule has 0 spiro atoms. The number of pyridine rings is 1. The summed E-state index contributed by atoms with van der Waals surface area (Å²) < 4.78 is 0. The molecule has 2 N–H and O–H groups in total. The van der Waals surface area contributed by atoms with Crippen LogP contribution in [0.1, 0.15) is 39.0 Å². The van der Waals surface area contributed by atoms with Crippen LogP contribution in [0, 0.1) is 0 Å². The minimum absolute atomic E-state index is 0.0841. The summed E-state index contributed by atoms with van der Waals surface area (Å²) in [6, 6.07) is 5.36. The van der Waals surface area contributed by atoms with Crippen LogP contribution in [0.25, 0.3) is 10.8 Å². The molecule has 1 unspecified atom stereocenters. The van der Waals surface area contributed by atoms with E-state index in [4.69, 9.17) is 11.6 Å². The molecule has 2 aromatic rings. The van der Waals surface area contributed by atoms with Crippen LogP contribution in [0.2, 0.25) is 5.02 Å². The molecule has 1 aliphatic rings. The summed E-state index contributed by atoms with van der Waals surface area (Å²) in [6.45, 7) is 1.92. The van der Waals surface area contributed by atoms with Gasteiger partial charge in [-0.1, -0.05) is 30.9 Å². The first kappa shape index (κ1) is 18.0. The first-order valence-electron chi connectivity index (χ1n) is 8.81. The second kappa shape index (κ2) is 7.58. The normalized spacial score (nSPS) is 17.0. The van der Waals surface area contributed by atoms with Gasteiger partial charge in [0, 0.05) is 17.6 Å². The van der Waals surface area contributed by atoms with E-state index in [1.54, 1.807) is 24.4 Å². The average Bonchev–Trinajstić information content (AvgIpc) is 2.62. The number of H-pyrrole nitrogens is 1. The molecule has 6 heteroatoms. The topological polar surface area (TPSA) is 65.2 Å². The number of anilines is 1. The van der Waals surface area contributed by atoms with Gasteiger partial charge in [0.1, 0.15) is 0 Å². The van der Waals surface area contributed by atoms with E-state index >= 15 is 0 Å². The molecule has 1 aromatic carbocycles. The molecule has 1 atom stereocenters. The molecule has 25 heavy (non-hydrogen) atoms. The molecule has 1 heterocycles. The lowest BCUT2D eigenvalue weighted by molar-refractivity contribution is -0.121. The summed E-state index contributed by atoms with van der Waals surface area (Å²) in [5, 5.41) is 4.54. The molecule has 5 nitrogen and oxygen atoms in total. The third-order valence-corrected chi connectivity index (χ3v) is 5.57. The van der Waals surface area contributed by atoms with Gasteiger partial charge in [0.2, 0.25) is 5.91 Å². The number of hydrogen-bond acceptors (Lipinski definition) is 3. The van der Waals surface area contributed by atoms with Gasteiger partial charge in [0.25, 0.3) is 5.56 Å². The number of halogens is 1. The van der Waals surface area contributed by atoms with Gasteiger partial charge in [-0.25, -0.2) is 0 Å². The number of amides is 1. The van der Waals surface area contributed by atoms with Crippen molar-refractivity contribution in [2.24, 2.45) is 0 Å². The van der Waals surface area contributed by atoms with Crippen LogP contribution in [-0.4, -0.2) is 34.9 Å². The Morgan fingerprint density at radius 2 is 2.04 bits per heavy atom. The Morgan fingerprint density at radius 3 is 2.76 bits per heavy atom. The van der Waals surface area contributed by atoms with Crippen LogP contribution >= 0.6 is 11.6 Å². The minimum Gasteiger partial charge on any atom is -0.329 e. The molecule has 0 bridgehead atoms. The number of rotatable bonds is 4. The van der Waals surface area contributed by atoms with Crippen LogP contribution < -0.4 is 10.9 Å². The summed E-state index contributed by atoms with van der Waals surface area (Å²) in [5.74, 6) is -0.0841. The number of aromatic amines is 1. The summed E-state index contributed by atoms with van der Waals surface area (Å²) in [5.41, 5.74) is 0.344. The van der Waals surface area contributed by atoms with Crippen LogP contribution in [0.3, 0.4) is 0 Å². The third kappa shape index (κ3) is 3.88. The molecule has 1 saturated carbocycles. The predicted octanol–water partition coefficient (Wildman–Crippen LogP) is 3.77. The van der Waals surface area contributed by atoms with Crippen molar-refractivity contribution in [1.82, 2.24) is 9.88 Å². The minimum atomic E-state index is -0.242. The summed E-state index contributed by atoms with van der Waals surface area (Å²) in [4.78, 5) is 29.3. The highest BCUT2D eigenvalue weighted by Crippen LogP contribution is 2.27.